The quantitative estimate of drug-likeness (QED) is 0.750. The van der Waals surface area contributed by atoms with Crippen LogP contribution < -0.4 is 10.9 Å². The van der Waals surface area contributed by atoms with Crippen LogP contribution in [0.4, 0.5) is 0 Å². The van der Waals surface area contributed by atoms with E-state index in [0.29, 0.717) is 23.6 Å². The van der Waals surface area contributed by atoms with Crippen LogP contribution in [0.1, 0.15) is 43.6 Å². The maximum absolute atomic E-state index is 12.6. The summed E-state index contributed by atoms with van der Waals surface area (Å²) in [6.07, 6.45) is 0.776. The van der Waals surface area contributed by atoms with Gasteiger partial charge in [0.05, 0.1) is 17.3 Å². The van der Waals surface area contributed by atoms with Crippen LogP contribution in [-0.2, 0) is 4.79 Å². The second kappa shape index (κ2) is 6.60. The summed E-state index contributed by atoms with van der Waals surface area (Å²) in [5, 5.41) is 18.8. The number of nitrogens with one attached hydrogen (secondary N) is 2. The van der Waals surface area contributed by atoms with E-state index in [-0.39, 0.29) is 17.7 Å². The summed E-state index contributed by atoms with van der Waals surface area (Å²) in [5.74, 6) is -1.48. The van der Waals surface area contributed by atoms with Crippen LogP contribution in [0.15, 0.2) is 29.1 Å². The molecule has 7 heteroatoms. The Morgan fingerprint density at radius 1 is 1.22 bits per heavy atom. The molecule has 0 atom stereocenters. The number of aromatic amines is 1. The van der Waals surface area contributed by atoms with Crippen LogP contribution in [0.25, 0.3) is 10.8 Å². The third-order valence-corrected chi connectivity index (χ3v) is 4.13. The number of aliphatic carboxylic acids is 1. The summed E-state index contributed by atoms with van der Waals surface area (Å²) < 4.78 is 0. The van der Waals surface area contributed by atoms with Gasteiger partial charge < -0.3 is 10.4 Å². The lowest BCUT2D eigenvalue weighted by Crippen LogP contribution is -2.49. The van der Waals surface area contributed by atoms with E-state index in [2.05, 4.69) is 15.5 Å². The molecule has 122 valence electrons. The minimum atomic E-state index is -0.978. The van der Waals surface area contributed by atoms with Crippen LogP contribution >= 0.6 is 0 Å². The summed E-state index contributed by atoms with van der Waals surface area (Å²) in [4.78, 5) is 35.5. The van der Waals surface area contributed by atoms with Crippen molar-refractivity contribution in [1.29, 1.82) is 0 Å². The highest BCUT2D eigenvalue weighted by Gasteiger charge is 2.32. The van der Waals surface area contributed by atoms with Crippen LogP contribution in [0.2, 0.25) is 0 Å². The SMILES string of the molecule is CCC(CC)(CC(=O)O)NC(=O)c1n[nH]c(=O)c2ccccc12. The molecule has 7 nitrogen and oxygen atoms in total. The van der Waals surface area contributed by atoms with Crippen LogP contribution in [-0.4, -0.2) is 32.7 Å². The van der Waals surface area contributed by atoms with Crippen molar-refractivity contribution >= 4 is 22.6 Å². The molecule has 2 rings (SSSR count). The zero-order valence-electron chi connectivity index (χ0n) is 13.0. The number of rotatable bonds is 6. The highest BCUT2D eigenvalue weighted by atomic mass is 16.4. The lowest BCUT2D eigenvalue weighted by molar-refractivity contribution is -0.138. The molecular weight excluding hydrogens is 298 g/mol. The zero-order valence-corrected chi connectivity index (χ0v) is 13.0. The molecule has 3 N–H and O–H groups in total. The van der Waals surface area contributed by atoms with Gasteiger partial charge in [0, 0.05) is 5.39 Å². The minimum absolute atomic E-state index is 0.0804. The summed E-state index contributed by atoms with van der Waals surface area (Å²) in [6.45, 7) is 3.65. The molecule has 0 aliphatic rings. The van der Waals surface area contributed by atoms with E-state index in [1.807, 2.05) is 13.8 Å². The minimum Gasteiger partial charge on any atom is -0.481 e. The topological polar surface area (TPSA) is 112 Å². The van der Waals surface area contributed by atoms with Crippen molar-refractivity contribution in [3.05, 3.63) is 40.3 Å². The Balaban J connectivity index is 2.43. The molecule has 0 saturated carbocycles. The molecule has 0 fully saturated rings. The van der Waals surface area contributed by atoms with Crippen molar-refractivity contribution in [2.75, 3.05) is 0 Å². The normalized spacial score (nSPS) is 11.4. The Labute approximate surface area is 132 Å². The fourth-order valence-corrected chi connectivity index (χ4v) is 2.60. The number of fused-ring (bicyclic) bond motifs is 1. The number of carbonyl (C=O) groups is 2. The molecule has 0 saturated heterocycles. The molecule has 23 heavy (non-hydrogen) atoms. The lowest BCUT2D eigenvalue weighted by Gasteiger charge is -2.31. The smallest absolute Gasteiger partial charge is 0.305 e. The Morgan fingerprint density at radius 3 is 2.39 bits per heavy atom. The average molecular weight is 317 g/mol. The molecule has 1 aromatic carbocycles. The van der Waals surface area contributed by atoms with Gasteiger partial charge in [-0.1, -0.05) is 32.0 Å². The molecule has 0 bridgehead atoms. The average Bonchev–Trinajstić information content (AvgIpc) is 2.54. The summed E-state index contributed by atoms with van der Waals surface area (Å²) in [6, 6.07) is 6.66. The van der Waals surface area contributed by atoms with E-state index < -0.39 is 17.4 Å². The maximum atomic E-state index is 12.6. The number of carboxylic acids is 1. The molecule has 0 aliphatic carbocycles. The first-order valence-electron chi connectivity index (χ1n) is 7.44. The summed E-state index contributed by atoms with van der Waals surface area (Å²) in [5.41, 5.74) is -1.14. The largest absolute Gasteiger partial charge is 0.481 e. The van der Waals surface area contributed by atoms with Crippen molar-refractivity contribution < 1.29 is 14.7 Å². The molecule has 0 spiro atoms. The fourth-order valence-electron chi connectivity index (χ4n) is 2.60. The first-order valence-corrected chi connectivity index (χ1v) is 7.44. The number of hydrogen-bond donors (Lipinski definition) is 3. The van der Waals surface area contributed by atoms with Gasteiger partial charge in [0.2, 0.25) is 0 Å². The standard InChI is InChI=1S/C16H19N3O4/c1-3-16(4-2,9-12(20)21)17-15(23)13-10-7-5-6-8-11(10)14(22)19-18-13/h5-8H,3-4,9H2,1-2H3,(H,17,23)(H,19,22)(H,20,21). The Hall–Kier alpha value is -2.70. The molecule has 2 aromatic rings. The highest BCUT2D eigenvalue weighted by molar-refractivity contribution is 6.05. The van der Waals surface area contributed by atoms with Crippen LogP contribution in [0.5, 0.6) is 0 Å². The molecule has 1 aromatic heterocycles. The number of carboxylic acid groups (broad SMARTS) is 1. The first kappa shape index (κ1) is 16.7. The third-order valence-electron chi connectivity index (χ3n) is 4.13. The van der Waals surface area contributed by atoms with Gasteiger partial charge >= 0.3 is 5.97 Å². The van der Waals surface area contributed by atoms with Gasteiger partial charge in [-0.05, 0) is 18.9 Å². The van der Waals surface area contributed by atoms with Gasteiger partial charge in [0.25, 0.3) is 11.5 Å². The Bertz CT molecular complexity index is 793. The fraction of sp³-hybridized carbons (Fsp3) is 0.375. The number of nitrogens with zero attached hydrogens (tertiary/aromatic N) is 1. The predicted molar refractivity (Wildman–Crippen MR) is 85.4 cm³/mol. The van der Waals surface area contributed by atoms with Crippen molar-refractivity contribution in [2.45, 2.75) is 38.6 Å². The molecule has 0 unspecified atom stereocenters. The van der Waals surface area contributed by atoms with Crippen molar-refractivity contribution in [1.82, 2.24) is 15.5 Å². The highest BCUT2D eigenvalue weighted by Crippen LogP contribution is 2.21. The molecule has 0 aliphatic heterocycles. The van der Waals surface area contributed by atoms with Gasteiger partial charge in [0.1, 0.15) is 0 Å². The van der Waals surface area contributed by atoms with Gasteiger partial charge in [0.15, 0.2) is 5.69 Å². The van der Waals surface area contributed by atoms with E-state index in [4.69, 9.17) is 5.11 Å². The summed E-state index contributed by atoms with van der Waals surface area (Å²) in [7, 11) is 0. The van der Waals surface area contributed by atoms with E-state index in [9.17, 15) is 14.4 Å². The molecular formula is C16H19N3O4. The second-order valence-corrected chi connectivity index (χ2v) is 5.46. The van der Waals surface area contributed by atoms with Crippen LogP contribution in [0, 0.1) is 0 Å². The number of hydrogen-bond acceptors (Lipinski definition) is 4. The van der Waals surface area contributed by atoms with E-state index in [0.717, 1.165) is 0 Å². The van der Waals surface area contributed by atoms with Gasteiger partial charge in [-0.3, -0.25) is 14.4 Å². The number of carbonyl (C=O) groups excluding carboxylic acids is 1. The van der Waals surface area contributed by atoms with Gasteiger partial charge in [-0.15, -0.1) is 0 Å². The van der Waals surface area contributed by atoms with Crippen molar-refractivity contribution in [3.8, 4) is 0 Å². The van der Waals surface area contributed by atoms with Gasteiger partial charge in [-0.2, -0.15) is 5.10 Å². The number of benzene rings is 1. The lowest BCUT2D eigenvalue weighted by atomic mass is 9.88. The first-order chi connectivity index (χ1) is 10.9. The molecule has 1 heterocycles. The summed E-state index contributed by atoms with van der Waals surface area (Å²) >= 11 is 0. The molecule has 1 amide bonds. The van der Waals surface area contributed by atoms with E-state index in [1.165, 1.54) is 0 Å². The van der Waals surface area contributed by atoms with Gasteiger partial charge in [-0.25, -0.2) is 5.10 Å². The van der Waals surface area contributed by atoms with Crippen molar-refractivity contribution in [3.63, 3.8) is 0 Å². The number of amides is 1. The maximum Gasteiger partial charge on any atom is 0.305 e. The predicted octanol–water partition coefficient (Wildman–Crippen LogP) is 1.69. The second-order valence-electron chi connectivity index (χ2n) is 5.46. The van der Waals surface area contributed by atoms with E-state index >= 15 is 0 Å². The van der Waals surface area contributed by atoms with E-state index in [1.54, 1.807) is 24.3 Å². The number of H-pyrrole nitrogens is 1. The Morgan fingerprint density at radius 2 is 1.83 bits per heavy atom. The Kier molecular flexibility index (Phi) is 4.78. The van der Waals surface area contributed by atoms with Crippen molar-refractivity contribution in [2.24, 2.45) is 0 Å². The third kappa shape index (κ3) is 3.39. The zero-order chi connectivity index (χ0) is 17.0. The molecule has 0 radical (unpaired) electrons. The van der Waals surface area contributed by atoms with Crippen LogP contribution in [0.3, 0.4) is 0 Å². The monoisotopic (exact) mass is 317 g/mol. The number of aromatic nitrogens is 2.